The van der Waals surface area contributed by atoms with E-state index >= 15 is 0 Å². The number of hydrogen-bond acceptors (Lipinski definition) is 2. The molecule has 2 aliphatic rings. The van der Waals surface area contributed by atoms with E-state index in [0.717, 1.165) is 18.3 Å². The van der Waals surface area contributed by atoms with Crippen LogP contribution in [0.15, 0.2) is 54.6 Å². The summed E-state index contributed by atoms with van der Waals surface area (Å²) in [5.74, 6) is 0. The maximum atomic E-state index is 6.10. The van der Waals surface area contributed by atoms with Crippen molar-refractivity contribution in [3.05, 3.63) is 60.2 Å². The molecule has 0 spiro atoms. The van der Waals surface area contributed by atoms with Crippen LogP contribution in [0.2, 0.25) is 0 Å². The quantitative estimate of drug-likeness (QED) is 0.748. The minimum absolute atomic E-state index is 0.420. The highest BCUT2D eigenvalue weighted by Crippen LogP contribution is 2.61. The number of rotatable bonds is 1. The number of anilines is 1. The third kappa shape index (κ3) is 1.62. The van der Waals surface area contributed by atoms with Gasteiger partial charge in [0.05, 0.1) is 12.6 Å². The van der Waals surface area contributed by atoms with E-state index in [4.69, 9.17) is 16.3 Å². The molecule has 4 rings (SSSR count). The zero-order chi connectivity index (χ0) is 12.9. The lowest BCUT2D eigenvalue weighted by molar-refractivity contribution is 0.365. The first-order valence-corrected chi connectivity index (χ1v) is 9.14. The molecule has 0 aliphatic carbocycles. The van der Waals surface area contributed by atoms with Gasteiger partial charge >= 0.3 is 0 Å². The summed E-state index contributed by atoms with van der Waals surface area (Å²) in [4.78, 5) is 0. The maximum absolute atomic E-state index is 6.10. The summed E-state index contributed by atoms with van der Waals surface area (Å²) in [5, 5.41) is 1.16. The molecule has 0 aromatic heterocycles. The Hall–Kier alpha value is -1.15. The Labute approximate surface area is 118 Å². The zero-order valence-corrected chi connectivity index (χ0v) is 12.1. The summed E-state index contributed by atoms with van der Waals surface area (Å²) >= 11 is 5.96. The third-order valence-corrected chi connectivity index (χ3v) is 7.88. The highest BCUT2D eigenvalue weighted by atomic mass is 32.4. The van der Waals surface area contributed by atoms with Crippen LogP contribution in [0.5, 0.6) is 0 Å². The lowest BCUT2D eigenvalue weighted by Gasteiger charge is -2.28. The number of hydrogen-bond donors (Lipinski definition) is 0. The smallest absolute Gasteiger partial charge is 0.186 e. The highest BCUT2D eigenvalue weighted by molar-refractivity contribution is 8.16. The monoisotopic (exact) mass is 287 g/mol. The molecule has 2 atom stereocenters. The van der Waals surface area contributed by atoms with Gasteiger partial charge in [0.1, 0.15) is 0 Å². The Morgan fingerprint density at radius 2 is 1.79 bits per heavy atom. The number of benzene rings is 2. The minimum atomic E-state index is -2.09. The molecule has 96 valence electrons. The topological polar surface area (TPSA) is 12.5 Å². The van der Waals surface area contributed by atoms with Crippen LogP contribution < -0.4 is 9.97 Å². The third-order valence-electron chi connectivity index (χ3n) is 3.85. The Morgan fingerprint density at radius 1 is 1.05 bits per heavy atom. The summed E-state index contributed by atoms with van der Waals surface area (Å²) in [6.07, 6.45) is -1.03. The lowest BCUT2D eigenvalue weighted by Crippen LogP contribution is -2.26. The Balaban J connectivity index is 1.87. The lowest BCUT2D eigenvalue weighted by atomic mass is 10.1. The van der Waals surface area contributed by atoms with Crippen LogP contribution in [-0.4, -0.2) is 12.6 Å². The molecule has 2 nitrogen and oxygen atoms in total. The van der Waals surface area contributed by atoms with Crippen LogP contribution >= 0.6 is 6.42 Å². The molecule has 4 heteroatoms. The van der Waals surface area contributed by atoms with E-state index < -0.39 is 6.42 Å². The first-order valence-electron chi connectivity index (χ1n) is 6.47. The van der Waals surface area contributed by atoms with Gasteiger partial charge in [-0.05, 0) is 42.0 Å². The summed E-state index contributed by atoms with van der Waals surface area (Å²) in [6, 6.07) is 19.3. The van der Waals surface area contributed by atoms with E-state index in [0.29, 0.717) is 6.04 Å². The molecular weight excluding hydrogens is 273 g/mol. The Morgan fingerprint density at radius 3 is 2.63 bits per heavy atom. The van der Waals surface area contributed by atoms with Crippen molar-refractivity contribution in [2.24, 2.45) is 0 Å². The van der Waals surface area contributed by atoms with Gasteiger partial charge < -0.3 is 9.19 Å². The zero-order valence-electron chi connectivity index (χ0n) is 10.4. The van der Waals surface area contributed by atoms with E-state index in [9.17, 15) is 0 Å². The van der Waals surface area contributed by atoms with Crippen molar-refractivity contribution in [2.45, 2.75) is 12.5 Å². The SMILES string of the molecule is S=P1(c2ccccc2)OC[C@@H]2Cc3ccccc3N21. The minimum Gasteiger partial charge on any atom is -0.328 e. The van der Waals surface area contributed by atoms with Crippen LogP contribution in [0.3, 0.4) is 0 Å². The van der Waals surface area contributed by atoms with E-state index in [1.807, 2.05) is 18.2 Å². The van der Waals surface area contributed by atoms with Gasteiger partial charge in [-0.1, -0.05) is 36.4 Å². The standard InChI is InChI=1S/C15H14NOPS/c19-18(14-7-2-1-3-8-14)16-13(11-17-18)10-12-6-4-5-9-15(12)16/h1-9,13H,10-11H2/t13-,18?/m0/s1. The van der Waals surface area contributed by atoms with Gasteiger partial charge in [-0.3, -0.25) is 0 Å². The van der Waals surface area contributed by atoms with Crippen LogP contribution in [-0.2, 0) is 22.8 Å². The molecule has 0 amide bonds. The van der Waals surface area contributed by atoms with E-state index in [1.165, 1.54) is 11.3 Å². The number of para-hydroxylation sites is 1. The van der Waals surface area contributed by atoms with E-state index in [-0.39, 0.29) is 0 Å². The predicted molar refractivity (Wildman–Crippen MR) is 82.7 cm³/mol. The molecule has 2 aromatic carbocycles. The Kier molecular flexibility index (Phi) is 2.56. The molecular formula is C15H14NOPS. The molecule has 1 fully saturated rings. The second kappa shape index (κ2) is 4.17. The normalized spacial score (nSPS) is 28.2. The number of fused-ring (bicyclic) bond motifs is 3. The van der Waals surface area contributed by atoms with Crippen LogP contribution in [0, 0.1) is 0 Å². The molecule has 2 aliphatic heterocycles. The average molecular weight is 287 g/mol. The summed E-state index contributed by atoms with van der Waals surface area (Å²) in [7, 11) is 0. The van der Waals surface area contributed by atoms with Crippen molar-refractivity contribution < 1.29 is 4.52 Å². The van der Waals surface area contributed by atoms with E-state index in [2.05, 4.69) is 41.1 Å². The van der Waals surface area contributed by atoms with Gasteiger partial charge in [0.15, 0.2) is 6.42 Å². The van der Waals surface area contributed by atoms with Gasteiger partial charge in [-0.25, -0.2) is 0 Å². The van der Waals surface area contributed by atoms with Crippen LogP contribution in [0.4, 0.5) is 5.69 Å². The van der Waals surface area contributed by atoms with Gasteiger partial charge in [0, 0.05) is 11.0 Å². The van der Waals surface area contributed by atoms with Crippen molar-refractivity contribution in [3.8, 4) is 0 Å². The molecule has 2 aromatic rings. The van der Waals surface area contributed by atoms with Crippen LogP contribution in [0.25, 0.3) is 0 Å². The largest absolute Gasteiger partial charge is 0.328 e. The van der Waals surface area contributed by atoms with Gasteiger partial charge in [0.25, 0.3) is 0 Å². The van der Waals surface area contributed by atoms with E-state index in [1.54, 1.807) is 0 Å². The molecule has 0 N–H and O–H groups in total. The van der Waals surface area contributed by atoms with Gasteiger partial charge in [-0.2, -0.15) is 0 Å². The van der Waals surface area contributed by atoms with Crippen LogP contribution in [0.1, 0.15) is 5.56 Å². The van der Waals surface area contributed by atoms with Crippen molar-refractivity contribution in [1.29, 1.82) is 0 Å². The van der Waals surface area contributed by atoms with Crippen molar-refractivity contribution >= 4 is 29.2 Å². The molecule has 1 unspecified atom stereocenters. The molecule has 2 heterocycles. The maximum Gasteiger partial charge on any atom is 0.186 e. The van der Waals surface area contributed by atoms with Gasteiger partial charge in [0.2, 0.25) is 0 Å². The van der Waals surface area contributed by atoms with Crippen molar-refractivity contribution in [3.63, 3.8) is 0 Å². The molecule has 0 saturated carbocycles. The van der Waals surface area contributed by atoms with Crippen molar-refractivity contribution in [1.82, 2.24) is 0 Å². The molecule has 19 heavy (non-hydrogen) atoms. The molecule has 0 bridgehead atoms. The highest BCUT2D eigenvalue weighted by Gasteiger charge is 2.45. The van der Waals surface area contributed by atoms with Crippen molar-refractivity contribution in [2.75, 3.05) is 11.3 Å². The summed E-state index contributed by atoms with van der Waals surface area (Å²) in [6.45, 7) is 0.751. The van der Waals surface area contributed by atoms with Gasteiger partial charge in [-0.15, -0.1) is 0 Å². The fourth-order valence-electron chi connectivity index (χ4n) is 2.99. The average Bonchev–Trinajstić information content (AvgIpc) is 2.99. The molecule has 1 saturated heterocycles. The number of nitrogens with zero attached hydrogens (tertiary/aromatic N) is 1. The Bertz CT molecular complexity index is 673. The summed E-state index contributed by atoms with van der Waals surface area (Å²) in [5.41, 5.74) is 2.68. The second-order valence-corrected chi connectivity index (χ2v) is 8.71. The fourth-order valence-corrected chi connectivity index (χ4v) is 6.71. The summed E-state index contributed by atoms with van der Waals surface area (Å²) < 4.78 is 8.48. The molecule has 0 radical (unpaired) electrons. The predicted octanol–water partition coefficient (Wildman–Crippen LogP) is 3.08. The first-order chi connectivity index (χ1) is 9.29. The first kappa shape index (κ1) is 11.7. The fraction of sp³-hybridized carbons (Fsp3) is 0.200. The second-order valence-electron chi connectivity index (χ2n) is 4.98.